The van der Waals surface area contributed by atoms with Gasteiger partial charge in [0.2, 0.25) is 0 Å². The number of aryl methyl sites for hydroxylation is 1. The molecule has 1 aromatic rings. The van der Waals surface area contributed by atoms with Gasteiger partial charge in [0.05, 0.1) is 4.92 Å². The van der Waals surface area contributed by atoms with E-state index in [2.05, 4.69) is 12.2 Å². The van der Waals surface area contributed by atoms with Crippen LogP contribution in [0.25, 0.3) is 0 Å². The maximum Gasteiger partial charge on any atom is 0.269 e. The average Bonchev–Trinajstić information content (AvgIpc) is 2.42. The first-order chi connectivity index (χ1) is 9.20. The summed E-state index contributed by atoms with van der Waals surface area (Å²) in [5, 5.41) is 14.3. The number of benzene rings is 1. The zero-order chi connectivity index (χ0) is 13.7. The second-order valence-electron chi connectivity index (χ2n) is 5.36. The van der Waals surface area contributed by atoms with E-state index in [4.69, 9.17) is 0 Å². The predicted molar refractivity (Wildman–Crippen MR) is 76.4 cm³/mol. The monoisotopic (exact) mass is 262 g/mol. The lowest BCUT2D eigenvalue weighted by molar-refractivity contribution is -0.384. The maximum atomic E-state index is 10.9. The van der Waals surface area contributed by atoms with Crippen molar-refractivity contribution in [3.8, 4) is 0 Å². The Balaban J connectivity index is 2.18. The first-order valence-corrected chi connectivity index (χ1v) is 7.17. The Hall–Kier alpha value is -1.42. The summed E-state index contributed by atoms with van der Waals surface area (Å²) in [6.07, 6.45) is 5.43. The van der Waals surface area contributed by atoms with E-state index in [9.17, 15) is 10.1 Å². The molecule has 1 N–H and O–H groups in total. The standard InChI is InChI=1S/C15H22N2O2/c1-2-3-13-4-5-15(17(18)19)11-14(13)10-12-6-8-16-9-7-12/h4-5,11-12,16H,2-3,6-10H2,1H3. The molecule has 19 heavy (non-hydrogen) atoms. The van der Waals surface area contributed by atoms with Crippen LogP contribution < -0.4 is 5.32 Å². The second-order valence-corrected chi connectivity index (χ2v) is 5.36. The third-order valence-corrected chi connectivity index (χ3v) is 3.89. The number of hydrogen-bond donors (Lipinski definition) is 1. The van der Waals surface area contributed by atoms with Gasteiger partial charge in [-0.25, -0.2) is 0 Å². The van der Waals surface area contributed by atoms with Crippen LogP contribution in [0.4, 0.5) is 5.69 Å². The Kier molecular flexibility index (Phi) is 4.91. The van der Waals surface area contributed by atoms with Crippen molar-refractivity contribution in [3.63, 3.8) is 0 Å². The van der Waals surface area contributed by atoms with E-state index in [-0.39, 0.29) is 10.6 Å². The number of piperidine rings is 1. The third kappa shape index (κ3) is 3.77. The van der Waals surface area contributed by atoms with Crippen molar-refractivity contribution in [1.29, 1.82) is 0 Å². The van der Waals surface area contributed by atoms with E-state index in [0.29, 0.717) is 5.92 Å². The van der Waals surface area contributed by atoms with Gasteiger partial charge in [-0.15, -0.1) is 0 Å². The van der Waals surface area contributed by atoms with Crippen LogP contribution in [0.2, 0.25) is 0 Å². The average molecular weight is 262 g/mol. The van der Waals surface area contributed by atoms with E-state index >= 15 is 0 Å². The summed E-state index contributed by atoms with van der Waals surface area (Å²) in [4.78, 5) is 10.6. The first-order valence-electron chi connectivity index (χ1n) is 7.17. The van der Waals surface area contributed by atoms with Crippen LogP contribution in [0.3, 0.4) is 0 Å². The molecule has 0 amide bonds. The Bertz CT molecular complexity index is 440. The molecule has 0 aliphatic carbocycles. The van der Waals surface area contributed by atoms with Gasteiger partial charge in [-0.3, -0.25) is 10.1 Å². The van der Waals surface area contributed by atoms with Crippen LogP contribution in [0.1, 0.15) is 37.3 Å². The minimum absolute atomic E-state index is 0.226. The lowest BCUT2D eigenvalue weighted by atomic mass is 9.88. The van der Waals surface area contributed by atoms with Crippen molar-refractivity contribution in [2.45, 2.75) is 39.0 Å². The van der Waals surface area contributed by atoms with Gasteiger partial charge in [0.25, 0.3) is 5.69 Å². The lowest BCUT2D eigenvalue weighted by Crippen LogP contribution is -2.28. The highest BCUT2D eigenvalue weighted by molar-refractivity contribution is 5.40. The number of nitrogens with one attached hydrogen (secondary N) is 1. The fourth-order valence-corrected chi connectivity index (χ4v) is 2.83. The third-order valence-electron chi connectivity index (χ3n) is 3.89. The zero-order valence-electron chi connectivity index (χ0n) is 11.5. The number of nitro benzene ring substituents is 1. The topological polar surface area (TPSA) is 55.2 Å². The van der Waals surface area contributed by atoms with Crippen molar-refractivity contribution in [2.75, 3.05) is 13.1 Å². The van der Waals surface area contributed by atoms with E-state index in [0.717, 1.165) is 32.4 Å². The molecule has 1 fully saturated rings. The number of non-ortho nitro benzene ring substituents is 1. The van der Waals surface area contributed by atoms with E-state index in [1.165, 1.54) is 24.0 Å². The fraction of sp³-hybridized carbons (Fsp3) is 0.600. The molecule has 2 rings (SSSR count). The number of nitrogens with zero attached hydrogens (tertiary/aromatic N) is 1. The number of hydrogen-bond acceptors (Lipinski definition) is 3. The molecular weight excluding hydrogens is 240 g/mol. The number of rotatable bonds is 5. The minimum Gasteiger partial charge on any atom is -0.317 e. The molecule has 0 saturated carbocycles. The lowest BCUT2D eigenvalue weighted by Gasteiger charge is -2.23. The van der Waals surface area contributed by atoms with Crippen molar-refractivity contribution < 1.29 is 4.92 Å². The second kappa shape index (κ2) is 6.66. The first kappa shape index (κ1) is 14.0. The molecule has 0 aromatic heterocycles. The maximum absolute atomic E-state index is 10.9. The van der Waals surface area contributed by atoms with Gasteiger partial charge in [0.1, 0.15) is 0 Å². The van der Waals surface area contributed by atoms with Crippen LogP contribution in [0.15, 0.2) is 18.2 Å². The molecule has 1 aliphatic rings. The van der Waals surface area contributed by atoms with Gasteiger partial charge >= 0.3 is 0 Å². The Morgan fingerprint density at radius 2 is 2.05 bits per heavy atom. The van der Waals surface area contributed by atoms with Crippen LogP contribution in [-0.2, 0) is 12.8 Å². The van der Waals surface area contributed by atoms with E-state index in [1.54, 1.807) is 12.1 Å². The Labute approximate surface area is 114 Å². The van der Waals surface area contributed by atoms with Crippen LogP contribution in [0.5, 0.6) is 0 Å². The van der Waals surface area contributed by atoms with Gasteiger partial charge in [-0.05, 0) is 55.8 Å². The fourth-order valence-electron chi connectivity index (χ4n) is 2.83. The number of nitro groups is 1. The summed E-state index contributed by atoms with van der Waals surface area (Å²) < 4.78 is 0. The van der Waals surface area contributed by atoms with Gasteiger partial charge in [-0.2, -0.15) is 0 Å². The van der Waals surface area contributed by atoms with Crippen molar-refractivity contribution >= 4 is 5.69 Å². The van der Waals surface area contributed by atoms with Crippen molar-refractivity contribution in [2.24, 2.45) is 5.92 Å². The van der Waals surface area contributed by atoms with E-state index < -0.39 is 0 Å². The molecule has 0 unspecified atom stereocenters. The Morgan fingerprint density at radius 1 is 1.32 bits per heavy atom. The highest BCUT2D eigenvalue weighted by Gasteiger charge is 2.17. The predicted octanol–water partition coefficient (Wildman–Crippen LogP) is 3.09. The molecule has 1 saturated heterocycles. The van der Waals surface area contributed by atoms with Crippen LogP contribution >= 0.6 is 0 Å². The summed E-state index contributed by atoms with van der Waals surface area (Å²) in [5.74, 6) is 0.666. The molecule has 1 aliphatic heterocycles. The van der Waals surface area contributed by atoms with E-state index in [1.807, 2.05) is 6.07 Å². The van der Waals surface area contributed by atoms with Crippen molar-refractivity contribution in [3.05, 3.63) is 39.4 Å². The van der Waals surface area contributed by atoms with Gasteiger partial charge in [0.15, 0.2) is 0 Å². The summed E-state index contributed by atoms with van der Waals surface area (Å²) >= 11 is 0. The molecule has 4 nitrogen and oxygen atoms in total. The largest absolute Gasteiger partial charge is 0.317 e. The molecule has 0 atom stereocenters. The molecule has 0 radical (unpaired) electrons. The molecule has 1 heterocycles. The van der Waals surface area contributed by atoms with Gasteiger partial charge in [0, 0.05) is 12.1 Å². The molecule has 104 valence electrons. The zero-order valence-corrected chi connectivity index (χ0v) is 11.5. The summed E-state index contributed by atoms with van der Waals surface area (Å²) in [6.45, 7) is 4.29. The molecule has 0 spiro atoms. The Morgan fingerprint density at radius 3 is 2.68 bits per heavy atom. The highest BCUT2D eigenvalue weighted by Crippen LogP contribution is 2.25. The van der Waals surface area contributed by atoms with Gasteiger partial charge in [-0.1, -0.05) is 19.4 Å². The smallest absolute Gasteiger partial charge is 0.269 e. The quantitative estimate of drug-likeness (QED) is 0.655. The molecular formula is C15H22N2O2. The van der Waals surface area contributed by atoms with Crippen LogP contribution in [0, 0.1) is 16.0 Å². The minimum atomic E-state index is -0.290. The normalized spacial score (nSPS) is 16.5. The van der Waals surface area contributed by atoms with Gasteiger partial charge < -0.3 is 5.32 Å². The highest BCUT2D eigenvalue weighted by atomic mass is 16.6. The summed E-state index contributed by atoms with van der Waals surface area (Å²) in [7, 11) is 0. The van der Waals surface area contributed by atoms with Crippen molar-refractivity contribution in [1.82, 2.24) is 5.32 Å². The summed E-state index contributed by atoms with van der Waals surface area (Å²) in [5.41, 5.74) is 2.69. The molecule has 0 bridgehead atoms. The molecule has 1 aromatic carbocycles. The summed E-state index contributed by atoms with van der Waals surface area (Å²) in [6, 6.07) is 5.36. The SMILES string of the molecule is CCCc1ccc([N+](=O)[O-])cc1CC1CCNCC1. The van der Waals surface area contributed by atoms with Crippen LogP contribution in [-0.4, -0.2) is 18.0 Å². The molecule has 4 heteroatoms.